The van der Waals surface area contributed by atoms with Crippen LogP contribution in [0, 0.1) is 0 Å². The molecule has 1 aliphatic rings. The number of nitrogens with two attached hydrogens (primary N) is 1. The van der Waals surface area contributed by atoms with Crippen molar-refractivity contribution in [1.29, 1.82) is 0 Å². The van der Waals surface area contributed by atoms with Crippen molar-refractivity contribution in [2.45, 2.75) is 19.3 Å². The summed E-state index contributed by atoms with van der Waals surface area (Å²) in [6.45, 7) is 0. The molecule has 0 radical (unpaired) electrons. The van der Waals surface area contributed by atoms with Gasteiger partial charge in [0.05, 0.1) is 5.56 Å². The average molecular weight is 379 g/mol. The molecule has 4 N–H and O–H groups in total. The van der Waals surface area contributed by atoms with Gasteiger partial charge in [0, 0.05) is 10.4 Å². The number of rotatable bonds is 3. The highest BCUT2D eigenvalue weighted by Crippen LogP contribution is 2.39. The highest BCUT2D eigenvalue weighted by atomic mass is 32.1. The molecule has 0 aliphatic heterocycles. The molecule has 0 unspecified atom stereocenters. The molecule has 4 amide bonds. The van der Waals surface area contributed by atoms with Crippen molar-refractivity contribution < 1.29 is 14.4 Å². The lowest BCUT2D eigenvalue weighted by atomic mass is 10.1. The molecule has 0 bridgehead atoms. The van der Waals surface area contributed by atoms with Crippen LogP contribution >= 0.6 is 11.3 Å². The zero-order valence-corrected chi connectivity index (χ0v) is 15.2. The standard InChI is InChI=1S/C20H17N3O3S/c21-20(26)23-18(25)16-14-6-3-7-15(14)27-19(16)22-17(24)13-9-8-11-4-1-2-5-12(11)10-13/h1-2,4-5,8-10H,3,6-7H2,(H,22,24)(H3,21,23,25,26). The monoisotopic (exact) mass is 379 g/mol. The Morgan fingerprint density at radius 2 is 1.74 bits per heavy atom. The first-order valence-electron chi connectivity index (χ1n) is 8.58. The van der Waals surface area contributed by atoms with Crippen LogP contribution in [0.1, 0.15) is 37.6 Å². The van der Waals surface area contributed by atoms with Gasteiger partial charge in [0.15, 0.2) is 0 Å². The van der Waals surface area contributed by atoms with E-state index in [1.165, 1.54) is 11.3 Å². The molecule has 136 valence electrons. The van der Waals surface area contributed by atoms with Gasteiger partial charge in [-0.05, 0) is 47.7 Å². The number of anilines is 1. The van der Waals surface area contributed by atoms with E-state index in [2.05, 4.69) is 10.6 Å². The predicted molar refractivity (Wildman–Crippen MR) is 105 cm³/mol. The molecule has 2 aromatic carbocycles. The van der Waals surface area contributed by atoms with Crippen molar-refractivity contribution >= 4 is 45.0 Å². The van der Waals surface area contributed by atoms with E-state index in [0.29, 0.717) is 16.1 Å². The van der Waals surface area contributed by atoms with Gasteiger partial charge in [-0.1, -0.05) is 30.3 Å². The van der Waals surface area contributed by atoms with Gasteiger partial charge in [-0.15, -0.1) is 11.3 Å². The van der Waals surface area contributed by atoms with Crippen LogP contribution in [-0.4, -0.2) is 17.8 Å². The van der Waals surface area contributed by atoms with Gasteiger partial charge in [-0.3, -0.25) is 14.9 Å². The van der Waals surface area contributed by atoms with E-state index in [1.54, 1.807) is 6.07 Å². The topological polar surface area (TPSA) is 101 Å². The van der Waals surface area contributed by atoms with Crippen LogP contribution < -0.4 is 16.4 Å². The minimum atomic E-state index is -0.912. The van der Waals surface area contributed by atoms with Crippen LogP contribution in [0.25, 0.3) is 10.8 Å². The Morgan fingerprint density at radius 3 is 2.52 bits per heavy atom. The molecule has 0 spiro atoms. The SMILES string of the molecule is NC(=O)NC(=O)c1c(NC(=O)c2ccc3ccccc3c2)sc2c1CCC2. The molecule has 1 aliphatic carbocycles. The molecule has 0 saturated heterocycles. The summed E-state index contributed by atoms with van der Waals surface area (Å²) in [4.78, 5) is 37.3. The van der Waals surface area contributed by atoms with Gasteiger partial charge in [0.1, 0.15) is 5.00 Å². The van der Waals surface area contributed by atoms with Crippen LogP contribution in [0.5, 0.6) is 0 Å². The zero-order valence-electron chi connectivity index (χ0n) is 14.4. The number of amides is 4. The maximum atomic E-state index is 12.8. The Labute approximate surface area is 159 Å². The van der Waals surface area contributed by atoms with E-state index >= 15 is 0 Å². The summed E-state index contributed by atoms with van der Waals surface area (Å²) in [7, 11) is 0. The average Bonchev–Trinajstić information content (AvgIpc) is 3.21. The number of imide groups is 1. The Hall–Kier alpha value is -3.19. The molecule has 6 nitrogen and oxygen atoms in total. The van der Waals surface area contributed by atoms with Crippen molar-refractivity contribution in [3.8, 4) is 0 Å². The second-order valence-electron chi connectivity index (χ2n) is 6.40. The lowest BCUT2D eigenvalue weighted by Crippen LogP contribution is -2.35. The van der Waals surface area contributed by atoms with Gasteiger partial charge < -0.3 is 11.1 Å². The third-order valence-electron chi connectivity index (χ3n) is 4.62. The van der Waals surface area contributed by atoms with Gasteiger partial charge >= 0.3 is 6.03 Å². The Balaban J connectivity index is 1.66. The summed E-state index contributed by atoms with van der Waals surface area (Å²) in [5.74, 6) is -0.871. The van der Waals surface area contributed by atoms with Crippen molar-refractivity contribution in [1.82, 2.24) is 5.32 Å². The van der Waals surface area contributed by atoms with E-state index < -0.39 is 11.9 Å². The minimum absolute atomic E-state index is 0.297. The normalized spacial score (nSPS) is 12.6. The van der Waals surface area contributed by atoms with Gasteiger partial charge in [-0.2, -0.15) is 0 Å². The van der Waals surface area contributed by atoms with E-state index in [0.717, 1.165) is 40.5 Å². The highest BCUT2D eigenvalue weighted by molar-refractivity contribution is 7.17. The number of fused-ring (bicyclic) bond motifs is 2. The van der Waals surface area contributed by atoms with Crippen molar-refractivity contribution in [2.24, 2.45) is 5.73 Å². The largest absolute Gasteiger partial charge is 0.351 e. The van der Waals surface area contributed by atoms with E-state index in [9.17, 15) is 14.4 Å². The van der Waals surface area contributed by atoms with Gasteiger partial charge in [0.25, 0.3) is 11.8 Å². The summed E-state index contributed by atoms with van der Waals surface area (Å²) in [6, 6.07) is 12.3. The molecule has 1 heterocycles. The predicted octanol–water partition coefficient (Wildman–Crippen LogP) is 3.45. The number of aryl methyl sites for hydroxylation is 1. The number of carbonyl (C=O) groups excluding carboxylic acids is 3. The fourth-order valence-corrected chi connectivity index (χ4v) is 4.69. The summed E-state index contributed by atoms with van der Waals surface area (Å²) in [5.41, 5.74) is 6.83. The third-order valence-corrected chi connectivity index (χ3v) is 5.83. The van der Waals surface area contributed by atoms with Crippen molar-refractivity contribution in [3.63, 3.8) is 0 Å². The van der Waals surface area contributed by atoms with Crippen molar-refractivity contribution in [3.05, 3.63) is 64.0 Å². The molecule has 27 heavy (non-hydrogen) atoms. The third kappa shape index (κ3) is 3.29. The Bertz CT molecular complexity index is 1090. The molecular formula is C20H17N3O3S. The summed E-state index contributed by atoms with van der Waals surface area (Å²) >= 11 is 1.39. The Morgan fingerprint density at radius 1 is 0.963 bits per heavy atom. The molecule has 7 heteroatoms. The number of carbonyl (C=O) groups is 3. The first-order valence-corrected chi connectivity index (χ1v) is 9.40. The second-order valence-corrected chi connectivity index (χ2v) is 7.50. The van der Waals surface area contributed by atoms with Crippen LogP contribution in [0.15, 0.2) is 42.5 Å². The van der Waals surface area contributed by atoms with Crippen LogP contribution in [0.3, 0.4) is 0 Å². The van der Waals surface area contributed by atoms with E-state index in [1.807, 2.05) is 36.4 Å². The van der Waals surface area contributed by atoms with E-state index in [4.69, 9.17) is 5.73 Å². The number of benzene rings is 2. The van der Waals surface area contributed by atoms with Crippen molar-refractivity contribution in [2.75, 3.05) is 5.32 Å². The number of primary amides is 1. The van der Waals surface area contributed by atoms with Crippen LogP contribution in [0.2, 0.25) is 0 Å². The maximum Gasteiger partial charge on any atom is 0.319 e. The van der Waals surface area contributed by atoms with Gasteiger partial charge in [0.2, 0.25) is 0 Å². The summed E-state index contributed by atoms with van der Waals surface area (Å²) < 4.78 is 0. The Kier molecular flexibility index (Phi) is 4.37. The van der Waals surface area contributed by atoms with Crippen LogP contribution in [0.4, 0.5) is 9.80 Å². The minimum Gasteiger partial charge on any atom is -0.351 e. The number of urea groups is 1. The van der Waals surface area contributed by atoms with Crippen LogP contribution in [-0.2, 0) is 12.8 Å². The number of hydrogen-bond acceptors (Lipinski definition) is 4. The lowest BCUT2D eigenvalue weighted by molar-refractivity contribution is 0.0966. The molecule has 3 aromatic rings. The molecule has 0 atom stereocenters. The zero-order chi connectivity index (χ0) is 19.0. The quantitative estimate of drug-likeness (QED) is 0.649. The molecule has 4 rings (SSSR count). The first-order chi connectivity index (χ1) is 13.0. The summed E-state index contributed by atoms with van der Waals surface area (Å²) in [6.07, 6.45) is 2.57. The molecular weight excluding hydrogens is 362 g/mol. The first kappa shape index (κ1) is 17.2. The van der Waals surface area contributed by atoms with E-state index in [-0.39, 0.29) is 5.91 Å². The molecule has 0 saturated carbocycles. The second kappa shape index (κ2) is 6.85. The maximum absolute atomic E-state index is 12.8. The smallest absolute Gasteiger partial charge is 0.319 e. The number of nitrogens with one attached hydrogen (secondary N) is 2. The number of thiophene rings is 1. The molecule has 1 aromatic heterocycles. The highest BCUT2D eigenvalue weighted by Gasteiger charge is 2.28. The fourth-order valence-electron chi connectivity index (χ4n) is 3.41. The lowest BCUT2D eigenvalue weighted by Gasteiger charge is -2.08. The van der Waals surface area contributed by atoms with Gasteiger partial charge in [-0.25, -0.2) is 4.79 Å². The summed E-state index contributed by atoms with van der Waals surface area (Å²) in [5, 5.41) is 7.42. The molecule has 0 fully saturated rings. The fraction of sp³-hybridized carbons (Fsp3) is 0.150. The number of hydrogen-bond donors (Lipinski definition) is 3.